The van der Waals surface area contributed by atoms with E-state index in [9.17, 15) is 0 Å². The third-order valence-electron chi connectivity index (χ3n) is 1.43. The molecule has 0 saturated heterocycles. The molecule has 80 valence electrons. The smallest absolute Gasteiger partial charge is 0.0787 e. The summed E-state index contributed by atoms with van der Waals surface area (Å²) >= 11 is 0. The average Bonchev–Trinajstić information content (AvgIpc) is 1.97. The van der Waals surface area contributed by atoms with Crippen molar-refractivity contribution >= 4 is 0 Å². The highest BCUT2D eigenvalue weighted by Gasteiger charge is 2.15. The zero-order chi connectivity index (χ0) is 10.5. The van der Waals surface area contributed by atoms with E-state index < -0.39 is 0 Å². The molecule has 0 heterocycles. The summed E-state index contributed by atoms with van der Waals surface area (Å²) in [6.07, 6.45) is -0.0416. The minimum atomic E-state index is -0.134. The molecule has 0 fully saturated rings. The fraction of sp³-hybridized carbons (Fsp3) is 1.00. The van der Waals surface area contributed by atoms with E-state index in [1.165, 1.54) is 0 Å². The van der Waals surface area contributed by atoms with E-state index >= 15 is 0 Å². The van der Waals surface area contributed by atoms with Crippen LogP contribution < -0.4 is 0 Å². The average molecular weight is 190 g/mol. The maximum Gasteiger partial charge on any atom is 0.0787 e. The predicted octanol–water partition coefficient (Wildman–Crippen LogP) is 1.59. The largest absolute Gasteiger partial charge is 0.394 e. The summed E-state index contributed by atoms with van der Waals surface area (Å²) in [5.41, 5.74) is -0.134. The van der Waals surface area contributed by atoms with E-state index in [0.717, 1.165) is 0 Å². The molecule has 0 spiro atoms. The highest BCUT2D eigenvalue weighted by atomic mass is 16.6. The SMILES string of the molecule is C[C@H](CO)OC[C@@H](C)OC(C)(C)C. The summed E-state index contributed by atoms with van der Waals surface area (Å²) in [6, 6.07) is 0. The Morgan fingerprint density at radius 2 is 1.69 bits per heavy atom. The van der Waals surface area contributed by atoms with Crippen LogP contribution in [0, 0.1) is 0 Å². The standard InChI is InChI=1S/C10H22O3/c1-8(6-11)12-7-9(2)13-10(3,4)5/h8-9,11H,6-7H2,1-5H3/t8-,9-/m1/s1. The van der Waals surface area contributed by atoms with Gasteiger partial charge >= 0.3 is 0 Å². The molecule has 0 unspecified atom stereocenters. The van der Waals surface area contributed by atoms with E-state index in [1.807, 2.05) is 34.6 Å². The molecule has 1 N–H and O–H groups in total. The van der Waals surface area contributed by atoms with Crippen LogP contribution in [-0.2, 0) is 9.47 Å². The van der Waals surface area contributed by atoms with Gasteiger partial charge in [-0.3, -0.25) is 0 Å². The molecule has 0 aromatic rings. The van der Waals surface area contributed by atoms with Crippen LogP contribution >= 0.6 is 0 Å². The van der Waals surface area contributed by atoms with Crippen LogP contribution in [-0.4, -0.2) is 36.1 Å². The highest BCUT2D eigenvalue weighted by molar-refractivity contribution is 4.62. The van der Waals surface area contributed by atoms with Crippen molar-refractivity contribution in [1.82, 2.24) is 0 Å². The van der Waals surface area contributed by atoms with Gasteiger partial charge < -0.3 is 14.6 Å². The minimum absolute atomic E-state index is 0.0578. The van der Waals surface area contributed by atoms with Crippen LogP contribution in [0.4, 0.5) is 0 Å². The summed E-state index contributed by atoms with van der Waals surface area (Å²) in [5, 5.41) is 8.71. The third kappa shape index (κ3) is 8.22. The summed E-state index contributed by atoms with van der Waals surface area (Å²) in [4.78, 5) is 0. The monoisotopic (exact) mass is 190 g/mol. The lowest BCUT2D eigenvalue weighted by atomic mass is 10.2. The first kappa shape index (κ1) is 12.9. The number of ether oxygens (including phenoxy) is 2. The molecule has 3 nitrogen and oxygen atoms in total. The highest BCUT2D eigenvalue weighted by Crippen LogP contribution is 2.10. The molecule has 13 heavy (non-hydrogen) atoms. The number of aliphatic hydroxyl groups is 1. The lowest BCUT2D eigenvalue weighted by Gasteiger charge is -2.25. The van der Waals surface area contributed by atoms with Gasteiger partial charge in [-0.2, -0.15) is 0 Å². The minimum Gasteiger partial charge on any atom is -0.394 e. The molecule has 0 saturated carbocycles. The van der Waals surface area contributed by atoms with Crippen molar-refractivity contribution in [2.75, 3.05) is 13.2 Å². The van der Waals surface area contributed by atoms with Gasteiger partial charge in [0.2, 0.25) is 0 Å². The predicted molar refractivity (Wildman–Crippen MR) is 52.8 cm³/mol. The summed E-state index contributed by atoms with van der Waals surface area (Å²) in [6.45, 7) is 10.4. The quantitative estimate of drug-likeness (QED) is 0.715. The molecule has 2 atom stereocenters. The number of rotatable bonds is 5. The van der Waals surface area contributed by atoms with Crippen LogP contribution in [0.2, 0.25) is 0 Å². The second-order valence-corrected chi connectivity index (χ2v) is 4.37. The Bertz CT molecular complexity index is 129. The van der Waals surface area contributed by atoms with Gasteiger partial charge in [-0.05, 0) is 34.6 Å². The van der Waals surface area contributed by atoms with Gasteiger partial charge in [0, 0.05) is 0 Å². The molecule has 3 heteroatoms. The lowest BCUT2D eigenvalue weighted by molar-refractivity contribution is -0.0996. The first-order valence-electron chi connectivity index (χ1n) is 4.75. The molecule has 0 aliphatic carbocycles. The van der Waals surface area contributed by atoms with Crippen LogP contribution in [0.15, 0.2) is 0 Å². The van der Waals surface area contributed by atoms with Crippen molar-refractivity contribution in [1.29, 1.82) is 0 Å². The Labute approximate surface area is 81.0 Å². The molecule has 0 aromatic heterocycles. The Hall–Kier alpha value is -0.120. The summed E-state index contributed by atoms with van der Waals surface area (Å²) in [5.74, 6) is 0. The van der Waals surface area contributed by atoms with Gasteiger partial charge in [0.1, 0.15) is 0 Å². The van der Waals surface area contributed by atoms with Gasteiger partial charge in [-0.1, -0.05) is 0 Å². The Morgan fingerprint density at radius 1 is 1.15 bits per heavy atom. The van der Waals surface area contributed by atoms with Crippen molar-refractivity contribution in [3.8, 4) is 0 Å². The molecule has 0 rings (SSSR count). The molecule has 0 bridgehead atoms. The number of hydrogen-bond acceptors (Lipinski definition) is 3. The molecular weight excluding hydrogens is 168 g/mol. The molecular formula is C10H22O3. The van der Waals surface area contributed by atoms with Crippen LogP contribution in [0.5, 0.6) is 0 Å². The molecule has 0 amide bonds. The maximum atomic E-state index is 8.71. The van der Waals surface area contributed by atoms with Crippen molar-refractivity contribution < 1.29 is 14.6 Å². The lowest BCUT2D eigenvalue weighted by Crippen LogP contribution is -2.30. The summed E-state index contributed by atoms with van der Waals surface area (Å²) in [7, 11) is 0. The molecule has 0 aromatic carbocycles. The van der Waals surface area contributed by atoms with E-state index in [-0.39, 0.29) is 24.4 Å². The van der Waals surface area contributed by atoms with Gasteiger partial charge in [0.25, 0.3) is 0 Å². The van der Waals surface area contributed by atoms with Crippen molar-refractivity contribution in [2.24, 2.45) is 0 Å². The fourth-order valence-corrected chi connectivity index (χ4v) is 0.990. The van der Waals surface area contributed by atoms with Gasteiger partial charge in [0.05, 0.1) is 31.0 Å². The Balaban J connectivity index is 3.57. The van der Waals surface area contributed by atoms with Gasteiger partial charge in [-0.15, -0.1) is 0 Å². The molecule has 0 aliphatic heterocycles. The number of hydrogen-bond donors (Lipinski definition) is 1. The maximum absolute atomic E-state index is 8.71. The van der Waals surface area contributed by atoms with E-state index in [0.29, 0.717) is 6.61 Å². The molecule has 0 radical (unpaired) electrons. The van der Waals surface area contributed by atoms with Crippen LogP contribution in [0.1, 0.15) is 34.6 Å². The van der Waals surface area contributed by atoms with Crippen LogP contribution in [0.3, 0.4) is 0 Å². The normalized spacial score (nSPS) is 17.1. The molecule has 0 aliphatic rings. The Kier molecular flexibility index (Phi) is 5.53. The first-order valence-corrected chi connectivity index (χ1v) is 4.75. The van der Waals surface area contributed by atoms with Crippen molar-refractivity contribution in [3.63, 3.8) is 0 Å². The third-order valence-corrected chi connectivity index (χ3v) is 1.43. The second kappa shape index (κ2) is 5.58. The second-order valence-electron chi connectivity index (χ2n) is 4.37. The summed E-state index contributed by atoms with van der Waals surface area (Å²) < 4.78 is 10.9. The van der Waals surface area contributed by atoms with Gasteiger partial charge in [0.15, 0.2) is 0 Å². The number of aliphatic hydroxyl groups excluding tert-OH is 1. The zero-order valence-electron chi connectivity index (χ0n) is 9.33. The Morgan fingerprint density at radius 3 is 2.08 bits per heavy atom. The topological polar surface area (TPSA) is 38.7 Å². The van der Waals surface area contributed by atoms with Gasteiger partial charge in [-0.25, -0.2) is 0 Å². The van der Waals surface area contributed by atoms with E-state index in [2.05, 4.69) is 0 Å². The first-order chi connectivity index (χ1) is 5.85. The fourth-order valence-electron chi connectivity index (χ4n) is 0.990. The zero-order valence-corrected chi connectivity index (χ0v) is 9.33. The van der Waals surface area contributed by atoms with Crippen molar-refractivity contribution in [3.05, 3.63) is 0 Å². The van der Waals surface area contributed by atoms with Crippen molar-refractivity contribution in [2.45, 2.75) is 52.4 Å². The van der Waals surface area contributed by atoms with E-state index in [4.69, 9.17) is 14.6 Å². The van der Waals surface area contributed by atoms with E-state index in [1.54, 1.807) is 0 Å². The van der Waals surface area contributed by atoms with Crippen LogP contribution in [0.25, 0.3) is 0 Å².